The minimum Gasteiger partial charge on any atom is -0.123 e. The molecule has 1 aromatic rings. The lowest BCUT2D eigenvalue weighted by molar-refractivity contribution is 0.653. The Morgan fingerprint density at radius 3 is 2.60 bits per heavy atom. The van der Waals surface area contributed by atoms with E-state index in [1.54, 1.807) is 0 Å². The maximum Gasteiger partial charge on any atom is 0.00974 e. The molecular formula is C14H18S. The van der Waals surface area contributed by atoms with Gasteiger partial charge >= 0.3 is 0 Å². The van der Waals surface area contributed by atoms with E-state index in [0.29, 0.717) is 0 Å². The molecule has 1 atom stereocenters. The van der Waals surface area contributed by atoms with Crippen LogP contribution in [0.25, 0.3) is 0 Å². The van der Waals surface area contributed by atoms with E-state index in [1.165, 1.54) is 37.0 Å². The van der Waals surface area contributed by atoms with Gasteiger partial charge in [0.2, 0.25) is 0 Å². The van der Waals surface area contributed by atoms with E-state index < -0.39 is 0 Å². The molecule has 0 spiro atoms. The summed E-state index contributed by atoms with van der Waals surface area (Å²) in [5, 5.41) is 0.817. The van der Waals surface area contributed by atoms with Crippen LogP contribution in [0.15, 0.2) is 47.4 Å². The summed E-state index contributed by atoms with van der Waals surface area (Å²) in [6, 6.07) is 10.8. The Labute approximate surface area is 96.8 Å². The molecule has 1 aliphatic rings. The fraction of sp³-hybridized carbons (Fsp3) is 0.429. The fourth-order valence-corrected chi connectivity index (χ4v) is 3.17. The Hall–Kier alpha value is -0.690. The number of rotatable bonds is 2. The van der Waals surface area contributed by atoms with E-state index in [0.717, 1.165) is 5.25 Å². The lowest BCUT2D eigenvalue weighted by Gasteiger charge is -2.16. The Morgan fingerprint density at radius 1 is 0.933 bits per heavy atom. The molecule has 0 radical (unpaired) electrons. The van der Waals surface area contributed by atoms with Gasteiger partial charge in [0.05, 0.1) is 0 Å². The summed E-state index contributed by atoms with van der Waals surface area (Å²) >= 11 is 2.05. The summed E-state index contributed by atoms with van der Waals surface area (Å²) in [5.74, 6) is 0. The number of allylic oxidation sites excluding steroid dienone is 2. The van der Waals surface area contributed by atoms with Gasteiger partial charge < -0.3 is 0 Å². The fourth-order valence-electron chi connectivity index (χ4n) is 1.93. The van der Waals surface area contributed by atoms with E-state index in [2.05, 4.69) is 54.2 Å². The van der Waals surface area contributed by atoms with Crippen molar-refractivity contribution < 1.29 is 0 Å². The second kappa shape index (κ2) is 6.02. The van der Waals surface area contributed by atoms with Crippen LogP contribution in [0.1, 0.15) is 32.1 Å². The van der Waals surface area contributed by atoms with E-state index >= 15 is 0 Å². The van der Waals surface area contributed by atoms with Gasteiger partial charge in [0.1, 0.15) is 0 Å². The van der Waals surface area contributed by atoms with Gasteiger partial charge in [-0.2, -0.15) is 0 Å². The van der Waals surface area contributed by atoms with Crippen LogP contribution in [0, 0.1) is 0 Å². The maximum atomic E-state index is 2.34. The minimum absolute atomic E-state index is 0.817. The largest absolute Gasteiger partial charge is 0.123 e. The molecule has 15 heavy (non-hydrogen) atoms. The monoisotopic (exact) mass is 218 g/mol. The quantitative estimate of drug-likeness (QED) is 0.650. The van der Waals surface area contributed by atoms with Gasteiger partial charge in [-0.15, -0.1) is 11.8 Å². The molecule has 0 saturated carbocycles. The van der Waals surface area contributed by atoms with Gasteiger partial charge in [-0.1, -0.05) is 30.4 Å². The summed E-state index contributed by atoms with van der Waals surface area (Å²) in [5.41, 5.74) is 0. The van der Waals surface area contributed by atoms with Crippen molar-refractivity contribution >= 4 is 11.8 Å². The lowest BCUT2D eigenvalue weighted by atomic mass is 10.1. The van der Waals surface area contributed by atoms with Crippen molar-refractivity contribution in [3.8, 4) is 0 Å². The average molecular weight is 218 g/mol. The molecule has 0 saturated heterocycles. The van der Waals surface area contributed by atoms with Crippen molar-refractivity contribution in [3.05, 3.63) is 42.5 Å². The first kappa shape index (κ1) is 10.8. The molecule has 0 fully saturated rings. The Bertz CT molecular complexity index is 302. The first-order chi connectivity index (χ1) is 7.45. The van der Waals surface area contributed by atoms with Crippen LogP contribution in [0.4, 0.5) is 0 Å². The van der Waals surface area contributed by atoms with Crippen molar-refractivity contribution in [2.45, 2.75) is 42.2 Å². The highest BCUT2D eigenvalue weighted by Gasteiger charge is 2.10. The van der Waals surface area contributed by atoms with Gasteiger partial charge in [-0.25, -0.2) is 0 Å². The first-order valence-electron chi connectivity index (χ1n) is 5.82. The summed E-state index contributed by atoms with van der Waals surface area (Å²) < 4.78 is 0. The van der Waals surface area contributed by atoms with Crippen LogP contribution >= 0.6 is 11.8 Å². The highest BCUT2D eigenvalue weighted by molar-refractivity contribution is 8.00. The molecule has 1 aliphatic carbocycles. The lowest BCUT2D eigenvalue weighted by Crippen LogP contribution is -2.03. The zero-order valence-electron chi connectivity index (χ0n) is 9.06. The molecule has 0 N–H and O–H groups in total. The van der Waals surface area contributed by atoms with Crippen LogP contribution in [-0.2, 0) is 0 Å². The van der Waals surface area contributed by atoms with E-state index in [1.807, 2.05) is 0 Å². The average Bonchev–Trinajstić information content (AvgIpc) is 2.23. The third-order valence-electron chi connectivity index (χ3n) is 2.76. The second-order valence-electron chi connectivity index (χ2n) is 4.03. The molecule has 2 rings (SSSR count). The molecule has 1 unspecified atom stereocenters. The molecular weight excluding hydrogens is 200 g/mol. The molecule has 80 valence electrons. The highest BCUT2D eigenvalue weighted by atomic mass is 32.2. The van der Waals surface area contributed by atoms with Crippen molar-refractivity contribution in [2.24, 2.45) is 0 Å². The number of thioether (sulfide) groups is 1. The second-order valence-corrected chi connectivity index (χ2v) is 5.41. The molecule has 1 aromatic carbocycles. The van der Waals surface area contributed by atoms with Crippen LogP contribution in [0.3, 0.4) is 0 Å². The zero-order chi connectivity index (χ0) is 10.3. The predicted octanol–water partition coefficient (Wildman–Crippen LogP) is 4.67. The molecule has 0 aromatic heterocycles. The van der Waals surface area contributed by atoms with Crippen molar-refractivity contribution in [1.29, 1.82) is 0 Å². The predicted molar refractivity (Wildman–Crippen MR) is 68.3 cm³/mol. The normalized spacial score (nSPS) is 24.1. The van der Waals surface area contributed by atoms with Crippen molar-refractivity contribution in [3.63, 3.8) is 0 Å². The zero-order valence-corrected chi connectivity index (χ0v) is 9.88. The summed E-state index contributed by atoms with van der Waals surface area (Å²) in [4.78, 5) is 1.42. The Morgan fingerprint density at radius 2 is 1.73 bits per heavy atom. The summed E-state index contributed by atoms with van der Waals surface area (Å²) in [6.45, 7) is 0. The topological polar surface area (TPSA) is 0 Å². The van der Waals surface area contributed by atoms with Gasteiger partial charge in [-0.05, 0) is 44.2 Å². The van der Waals surface area contributed by atoms with Crippen molar-refractivity contribution in [1.82, 2.24) is 0 Å². The van der Waals surface area contributed by atoms with Crippen molar-refractivity contribution in [2.75, 3.05) is 0 Å². The van der Waals surface area contributed by atoms with Crippen LogP contribution in [0.5, 0.6) is 0 Å². The standard InChI is InChI=1S/C14H18S/c1-2-5-9-13(10-6-3-1)15-14-11-7-4-8-12-14/h1-2,4,7-8,11-13H,3,5-6,9-10H2/b2-1-. The van der Waals surface area contributed by atoms with E-state index in [4.69, 9.17) is 0 Å². The number of hydrogen-bond donors (Lipinski definition) is 0. The third kappa shape index (κ3) is 3.75. The minimum atomic E-state index is 0.817. The maximum absolute atomic E-state index is 2.34. The van der Waals surface area contributed by atoms with Gasteiger partial charge in [-0.3, -0.25) is 0 Å². The summed E-state index contributed by atoms with van der Waals surface area (Å²) in [7, 11) is 0. The van der Waals surface area contributed by atoms with Crippen LogP contribution < -0.4 is 0 Å². The van der Waals surface area contributed by atoms with E-state index in [9.17, 15) is 0 Å². The summed E-state index contributed by atoms with van der Waals surface area (Å²) in [6.07, 6.45) is 11.2. The Kier molecular flexibility index (Phi) is 4.34. The van der Waals surface area contributed by atoms with Crippen LogP contribution in [-0.4, -0.2) is 5.25 Å². The Balaban J connectivity index is 1.90. The smallest absolute Gasteiger partial charge is 0.00974 e. The first-order valence-corrected chi connectivity index (χ1v) is 6.70. The van der Waals surface area contributed by atoms with Gasteiger partial charge in [0.15, 0.2) is 0 Å². The van der Waals surface area contributed by atoms with Gasteiger partial charge in [0.25, 0.3) is 0 Å². The van der Waals surface area contributed by atoms with Gasteiger partial charge in [0, 0.05) is 10.1 Å². The molecule has 0 bridgehead atoms. The number of hydrogen-bond acceptors (Lipinski definition) is 1. The SMILES string of the molecule is C1=C\CCC(Sc2ccccc2)CCC/1. The molecule has 0 aliphatic heterocycles. The van der Waals surface area contributed by atoms with E-state index in [-0.39, 0.29) is 0 Å². The highest BCUT2D eigenvalue weighted by Crippen LogP contribution is 2.30. The molecule has 1 heteroatoms. The third-order valence-corrected chi connectivity index (χ3v) is 4.11. The molecule has 0 heterocycles. The number of benzene rings is 1. The van der Waals surface area contributed by atoms with Crippen LogP contribution in [0.2, 0.25) is 0 Å². The molecule has 0 nitrogen and oxygen atoms in total. The molecule has 0 amide bonds.